The van der Waals surface area contributed by atoms with Gasteiger partial charge in [0.05, 0.1) is 6.61 Å². The van der Waals surface area contributed by atoms with Crippen LogP contribution in [0.3, 0.4) is 0 Å². The van der Waals surface area contributed by atoms with Crippen molar-refractivity contribution in [1.82, 2.24) is 25.0 Å². The summed E-state index contributed by atoms with van der Waals surface area (Å²) in [5.41, 5.74) is 1.22. The van der Waals surface area contributed by atoms with Crippen molar-refractivity contribution in [3.63, 3.8) is 0 Å². The van der Waals surface area contributed by atoms with Crippen molar-refractivity contribution in [2.75, 3.05) is 38.8 Å². The maximum absolute atomic E-state index is 5.53. The van der Waals surface area contributed by atoms with E-state index in [2.05, 4.69) is 57.3 Å². The molecule has 2 aromatic rings. The van der Waals surface area contributed by atoms with Crippen molar-refractivity contribution in [1.29, 1.82) is 0 Å². The van der Waals surface area contributed by atoms with E-state index in [1.807, 2.05) is 30.8 Å². The fourth-order valence-electron chi connectivity index (χ4n) is 2.94. The number of guanidine groups is 1. The van der Waals surface area contributed by atoms with Gasteiger partial charge in [0.2, 0.25) is 0 Å². The highest BCUT2D eigenvalue weighted by atomic mass is 127. The number of rotatable bonds is 12. The van der Waals surface area contributed by atoms with Crippen LogP contribution < -0.4 is 10.1 Å². The van der Waals surface area contributed by atoms with E-state index in [0.29, 0.717) is 6.61 Å². The zero-order valence-electron chi connectivity index (χ0n) is 18.5. The number of aromatic nitrogens is 3. The molecule has 0 saturated heterocycles. The number of aliphatic imine (C=N–C) groups is 1. The molecule has 0 aliphatic heterocycles. The lowest BCUT2D eigenvalue weighted by molar-refractivity contribution is 0.340. The lowest BCUT2D eigenvalue weighted by Crippen LogP contribution is -2.40. The molecule has 0 saturated carbocycles. The summed E-state index contributed by atoms with van der Waals surface area (Å²) < 4.78 is 7.62. The van der Waals surface area contributed by atoms with Crippen LogP contribution in [0.15, 0.2) is 35.6 Å². The fraction of sp³-hybridized carbons (Fsp3) is 0.571. The van der Waals surface area contributed by atoms with Crippen LogP contribution in [0.1, 0.15) is 31.7 Å². The van der Waals surface area contributed by atoms with E-state index in [-0.39, 0.29) is 24.0 Å². The van der Waals surface area contributed by atoms with E-state index >= 15 is 0 Å². The van der Waals surface area contributed by atoms with Gasteiger partial charge in [-0.1, -0.05) is 19.1 Å². The molecular weight excluding hydrogens is 511 g/mol. The predicted octanol–water partition coefficient (Wildman–Crippen LogP) is 3.69. The molecule has 1 N–H and O–H groups in total. The number of benzene rings is 1. The van der Waals surface area contributed by atoms with Crippen LogP contribution in [0.5, 0.6) is 5.75 Å². The fourth-order valence-corrected chi connectivity index (χ4v) is 3.36. The first-order chi connectivity index (χ1) is 14.2. The number of hydrogen-bond acceptors (Lipinski definition) is 5. The first-order valence-electron chi connectivity index (χ1n) is 10.2. The van der Waals surface area contributed by atoms with Crippen LogP contribution >= 0.6 is 35.7 Å². The maximum Gasteiger partial charge on any atom is 0.194 e. The first-order valence-corrected chi connectivity index (χ1v) is 11.6. The quantitative estimate of drug-likeness (QED) is 0.190. The summed E-state index contributed by atoms with van der Waals surface area (Å²) in [7, 11) is 2.08. The van der Waals surface area contributed by atoms with Crippen LogP contribution in [0.2, 0.25) is 0 Å². The highest BCUT2D eigenvalue weighted by molar-refractivity contribution is 14.0. The number of hydrogen-bond donors (Lipinski definition) is 1. The van der Waals surface area contributed by atoms with Crippen LogP contribution in [0, 0.1) is 0 Å². The van der Waals surface area contributed by atoms with Crippen molar-refractivity contribution >= 4 is 41.7 Å². The van der Waals surface area contributed by atoms with Crippen molar-refractivity contribution in [2.24, 2.45) is 4.99 Å². The Morgan fingerprint density at radius 3 is 2.70 bits per heavy atom. The second-order valence-electron chi connectivity index (χ2n) is 6.71. The minimum absolute atomic E-state index is 0. The average molecular weight is 547 g/mol. The second-order valence-corrected chi connectivity index (χ2v) is 7.69. The minimum atomic E-state index is 0. The lowest BCUT2D eigenvalue weighted by atomic mass is 10.2. The van der Waals surface area contributed by atoms with Crippen LogP contribution in [-0.4, -0.2) is 64.4 Å². The minimum Gasteiger partial charge on any atom is -0.494 e. The van der Waals surface area contributed by atoms with E-state index < -0.39 is 0 Å². The normalized spacial score (nSPS) is 11.1. The van der Waals surface area contributed by atoms with Gasteiger partial charge in [0, 0.05) is 39.6 Å². The van der Waals surface area contributed by atoms with E-state index in [0.717, 1.165) is 62.3 Å². The molecule has 168 valence electrons. The largest absolute Gasteiger partial charge is 0.494 e. The zero-order chi connectivity index (χ0) is 20.9. The average Bonchev–Trinajstić information content (AvgIpc) is 3.19. The summed E-state index contributed by atoms with van der Waals surface area (Å²) in [4.78, 5) is 6.99. The second kappa shape index (κ2) is 15.3. The Morgan fingerprint density at radius 2 is 2.03 bits per heavy atom. The van der Waals surface area contributed by atoms with Gasteiger partial charge in [-0.3, -0.25) is 4.99 Å². The van der Waals surface area contributed by atoms with Crippen molar-refractivity contribution < 1.29 is 4.74 Å². The molecule has 0 spiro atoms. The van der Waals surface area contributed by atoms with Crippen LogP contribution in [-0.2, 0) is 19.5 Å². The third-order valence-electron chi connectivity index (χ3n) is 4.43. The lowest BCUT2D eigenvalue weighted by Gasteiger charge is -2.23. The van der Waals surface area contributed by atoms with Gasteiger partial charge >= 0.3 is 0 Å². The molecule has 0 radical (unpaired) electrons. The number of thioether (sulfide) groups is 1. The number of nitrogens with zero attached hydrogens (tertiary/aromatic N) is 5. The molecule has 0 amide bonds. The standard InChI is InChI=1S/C21H34N6OS.HI/c1-5-20-25-24-17-27(20)14-13-23-21(22-12-7-15-29-4)26(3)16-18-8-10-19(11-9-18)28-6-2;/h8-11,17H,5-7,12-16H2,1-4H3,(H,22,23);1H. The molecule has 0 bridgehead atoms. The van der Waals surface area contributed by atoms with E-state index in [4.69, 9.17) is 9.73 Å². The van der Waals surface area contributed by atoms with Gasteiger partial charge in [-0.2, -0.15) is 11.8 Å². The Hall–Kier alpha value is -1.49. The molecular formula is C21H35IN6OS. The number of nitrogens with one attached hydrogen (secondary N) is 1. The summed E-state index contributed by atoms with van der Waals surface area (Å²) in [6, 6.07) is 8.26. The van der Waals surface area contributed by atoms with Gasteiger partial charge in [-0.05, 0) is 43.0 Å². The molecule has 0 fully saturated rings. The molecule has 0 unspecified atom stereocenters. The molecule has 2 rings (SSSR count). The highest BCUT2D eigenvalue weighted by Gasteiger charge is 2.08. The molecule has 1 heterocycles. The van der Waals surface area contributed by atoms with E-state index in [1.165, 1.54) is 5.56 Å². The Labute approximate surface area is 202 Å². The molecule has 1 aromatic carbocycles. The Bertz CT molecular complexity index is 737. The zero-order valence-corrected chi connectivity index (χ0v) is 21.7. The number of aryl methyl sites for hydroxylation is 1. The van der Waals surface area contributed by atoms with Crippen LogP contribution in [0.4, 0.5) is 0 Å². The van der Waals surface area contributed by atoms with Gasteiger partial charge in [-0.25, -0.2) is 0 Å². The number of halogens is 1. The van der Waals surface area contributed by atoms with Gasteiger partial charge in [0.15, 0.2) is 5.96 Å². The van der Waals surface area contributed by atoms with Crippen molar-refractivity contribution in [2.45, 2.75) is 39.8 Å². The van der Waals surface area contributed by atoms with Gasteiger partial charge < -0.3 is 19.5 Å². The van der Waals surface area contributed by atoms with E-state index in [9.17, 15) is 0 Å². The summed E-state index contributed by atoms with van der Waals surface area (Å²) in [6.07, 6.45) is 5.88. The molecule has 0 atom stereocenters. The van der Waals surface area contributed by atoms with E-state index in [1.54, 1.807) is 6.33 Å². The Morgan fingerprint density at radius 1 is 1.27 bits per heavy atom. The van der Waals surface area contributed by atoms with Crippen molar-refractivity contribution in [3.8, 4) is 5.75 Å². The topological polar surface area (TPSA) is 67.6 Å². The molecule has 30 heavy (non-hydrogen) atoms. The monoisotopic (exact) mass is 546 g/mol. The summed E-state index contributed by atoms with van der Waals surface area (Å²) in [5.74, 6) is 3.96. The molecule has 9 heteroatoms. The molecule has 7 nitrogen and oxygen atoms in total. The highest BCUT2D eigenvalue weighted by Crippen LogP contribution is 2.13. The first kappa shape index (κ1) is 26.5. The van der Waals surface area contributed by atoms with Gasteiger partial charge in [-0.15, -0.1) is 34.2 Å². The summed E-state index contributed by atoms with van der Waals surface area (Å²) in [5, 5.41) is 11.7. The number of ether oxygens (including phenoxy) is 1. The van der Waals surface area contributed by atoms with Gasteiger partial charge in [0.1, 0.15) is 17.9 Å². The summed E-state index contributed by atoms with van der Waals surface area (Å²) >= 11 is 1.86. The molecule has 1 aromatic heterocycles. The maximum atomic E-state index is 5.53. The van der Waals surface area contributed by atoms with Crippen molar-refractivity contribution in [3.05, 3.63) is 42.0 Å². The van der Waals surface area contributed by atoms with Gasteiger partial charge in [0.25, 0.3) is 0 Å². The van der Waals surface area contributed by atoms with Crippen LogP contribution in [0.25, 0.3) is 0 Å². The summed E-state index contributed by atoms with van der Waals surface area (Å²) in [6.45, 7) is 7.98. The Kier molecular flexibility index (Phi) is 13.6. The SMILES string of the molecule is CCOc1ccc(CN(C)C(=NCCCSC)NCCn2cnnc2CC)cc1.I. The predicted molar refractivity (Wildman–Crippen MR) is 137 cm³/mol. The third-order valence-corrected chi connectivity index (χ3v) is 5.13. The smallest absolute Gasteiger partial charge is 0.194 e. The Balaban J connectivity index is 0.00000450. The third kappa shape index (κ3) is 9.11. The molecule has 0 aliphatic rings. The molecule has 0 aliphatic carbocycles.